The Bertz CT molecular complexity index is 649. The summed E-state index contributed by atoms with van der Waals surface area (Å²) in [6, 6.07) is 3.79. The maximum Gasteiger partial charge on any atom is 0.254 e. The highest BCUT2D eigenvalue weighted by Crippen LogP contribution is 2.36. The van der Waals surface area contributed by atoms with Crippen molar-refractivity contribution >= 4 is 21.8 Å². The topological polar surface area (TPSA) is 51.2 Å². The van der Waals surface area contributed by atoms with Crippen LogP contribution < -0.4 is 9.47 Å². The average Bonchev–Trinajstić information content (AvgIpc) is 3.08. The van der Waals surface area contributed by atoms with Crippen molar-refractivity contribution in [3.05, 3.63) is 22.2 Å². The van der Waals surface area contributed by atoms with E-state index < -0.39 is 0 Å². The number of halogens is 1. The summed E-state index contributed by atoms with van der Waals surface area (Å²) >= 11 is 3.46. The number of hydrogen-bond acceptors (Lipinski definition) is 5. The molecule has 3 rings (SSSR count). The van der Waals surface area contributed by atoms with E-state index in [4.69, 9.17) is 14.2 Å². The Labute approximate surface area is 169 Å². The lowest BCUT2D eigenvalue weighted by molar-refractivity contribution is -0.0715. The van der Waals surface area contributed by atoms with Gasteiger partial charge >= 0.3 is 0 Å². The fraction of sp³-hybridized carbons (Fsp3) is 0.650. The number of nitrogens with zero attached hydrogens (tertiary/aromatic N) is 2. The first-order chi connectivity index (χ1) is 12.9. The molecule has 1 amide bonds. The highest BCUT2D eigenvalue weighted by atomic mass is 79.9. The average molecular weight is 441 g/mol. The minimum Gasteiger partial charge on any atom is -0.495 e. The van der Waals surface area contributed by atoms with Crippen molar-refractivity contribution in [2.75, 3.05) is 40.4 Å². The number of ether oxygens (including phenoxy) is 3. The van der Waals surface area contributed by atoms with E-state index in [0.29, 0.717) is 17.1 Å². The molecule has 2 saturated heterocycles. The van der Waals surface area contributed by atoms with Crippen molar-refractivity contribution in [3.8, 4) is 11.5 Å². The van der Waals surface area contributed by atoms with Crippen LogP contribution in [0.15, 0.2) is 16.6 Å². The van der Waals surface area contributed by atoms with Crippen molar-refractivity contribution in [1.82, 2.24) is 9.80 Å². The Kier molecular flexibility index (Phi) is 6.65. The molecule has 1 aromatic rings. The van der Waals surface area contributed by atoms with Gasteiger partial charge in [0.2, 0.25) is 0 Å². The summed E-state index contributed by atoms with van der Waals surface area (Å²) in [4.78, 5) is 17.7. The van der Waals surface area contributed by atoms with E-state index >= 15 is 0 Å². The summed E-state index contributed by atoms with van der Waals surface area (Å²) in [6.45, 7) is 7.75. The molecule has 0 radical (unpaired) electrons. The number of morpholine rings is 1. The van der Waals surface area contributed by atoms with E-state index in [0.717, 1.165) is 43.5 Å². The number of benzene rings is 1. The van der Waals surface area contributed by atoms with Crippen molar-refractivity contribution in [2.24, 2.45) is 0 Å². The monoisotopic (exact) mass is 440 g/mol. The molecule has 0 N–H and O–H groups in total. The first-order valence-corrected chi connectivity index (χ1v) is 10.3. The number of carbonyl (C=O) groups is 1. The number of hydrogen-bond donors (Lipinski definition) is 0. The maximum absolute atomic E-state index is 13.2. The number of methoxy groups -OCH3 is 2. The minimum absolute atomic E-state index is 0.0379. The summed E-state index contributed by atoms with van der Waals surface area (Å²) in [5.74, 6) is 1.24. The third kappa shape index (κ3) is 4.58. The second-order valence-corrected chi connectivity index (χ2v) is 8.26. The Morgan fingerprint density at radius 1 is 1.19 bits per heavy atom. The third-order valence-electron chi connectivity index (χ3n) is 5.29. The first kappa shape index (κ1) is 20.4. The molecule has 7 heteroatoms. The largest absolute Gasteiger partial charge is 0.495 e. The molecule has 2 heterocycles. The molecule has 0 saturated carbocycles. The molecule has 2 fully saturated rings. The molecule has 0 aliphatic carbocycles. The molecule has 27 heavy (non-hydrogen) atoms. The summed E-state index contributed by atoms with van der Waals surface area (Å²) in [5, 5.41) is 0. The van der Waals surface area contributed by atoms with Gasteiger partial charge in [-0.1, -0.05) is 0 Å². The molecule has 3 atom stereocenters. The van der Waals surface area contributed by atoms with Crippen LogP contribution in [0.4, 0.5) is 0 Å². The molecule has 3 unspecified atom stereocenters. The van der Waals surface area contributed by atoms with Crippen molar-refractivity contribution in [2.45, 2.75) is 44.9 Å². The molecule has 0 spiro atoms. The van der Waals surface area contributed by atoms with Crippen LogP contribution in [0.1, 0.15) is 37.0 Å². The predicted octanol–water partition coefficient (Wildman–Crippen LogP) is 3.18. The summed E-state index contributed by atoms with van der Waals surface area (Å²) in [5.41, 5.74) is 0.600. The van der Waals surface area contributed by atoms with Crippen LogP contribution in [-0.2, 0) is 4.74 Å². The zero-order valence-corrected chi connectivity index (χ0v) is 18.1. The molecular formula is C20H29BrN2O4. The molecule has 6 nitrogen and oxygen atoms in total. The third-order valence-corrected chi connectivity index (χ3v) is 6.08. The van der Waals surface area contributed by atoms with Gasteiger partial charge in [-0.15, -0.1) is 0 Å². The van der Waals surface area contributed by atoms with Gasteiger partial charge in [0.15, 0.2) is 0 Å². The Morgan fingerprint density at radius 2 is 1.78 bits per heavy atom. The van der Waals surface area contributed by atoms with E-state index in [1.807, 2.05) is 4.90 Å². The van der Waals surface area contributed by atoms with Gasteiger partial charge in [-0.25, -0.2) is 0 Å². The van der Waals surface area contributed by atoms with Gasteiger partial charge in [0.05, 0.1) is 26.4 Å². The van der Waals surface area contributed by atoms with Crippen LogP contribution in [0, 0.1) is 0 Å². The normalized spacial score (nSPS) is 26.3. The fourth-order valence-corrected chi connectivity index (χ4v) is 4.74. The van der Waals surface area contributed by atoms with E-state index in [1.54, 1.807) is 26.4 Å². The zero-order chi connectivity index (χ0) is 19.6. The Balaban J connectivity index is 1.75. The highest BCUT2D eigenvalue weighted by Gasteiger charge is 2.33. The Hall–Kier alpha value is -1.31. The van der Waals surface area contributed by atoms with Crippen LogP contribution in [0.2, 0.25) is 0 Å². The van der Waals surface area contributed by atoms with Gasteiger partial charge in [0.1, 0.15) is 16.0 Å². The highest BCUT2D eigenvalue weighted by molar-refractivity contribution is 9.10. The van der Waals surface area contributed by atoms with E-state index in [1.165, 1.54) is 0 Å². The zero-order valence-electron chi connectivity index (χ0n) is 16.5. The first-order valence-electron chi connectivity index (χ1n) is 9.53. The van der Waals surface area contributed by atoms with Gasteiger partial charge < -0.3 is 19.1 Å². The summed E-state index contributed by atoms with van der Waals surface area (Å²) in [6.07, 6.45) is 2.55. The molecule has 2 aliphatic rings. The van der Waals surface area contributed by atoms with Gasteiger partial charge in [0.25, 0.3) is 5.91 Å². The molecular weight excluding hydrogens is 412 g/mol. The van der Waals surface area contributed by atoms with Crippen molar-refractivity contribution < 1.29 is 19.0 Å². The number of amides is 1. The standard InChI is InChI=1S/C20H29BrN2O4/c1-13-10-22(11-14(2)27-13)12-16-6-5-7-23(16)20(24)15-8-17(25-3)19(21)18(9-15)26-4/h8-9,13-14,16H,5-7,10-12H2,1-4H3. The predicted molar refractivity (Wildman–Crippen MR) is 108 cm³/mol. The molecule has 150 valence electrons. The van der Waals surface area contributed by atoms with Crippen LogP contribution >= 0.6 is 15.9 Å². The smallest absolute Gasteiger partial charge is 0.254 e. The van der Waals surface area contributed by atoms with E-state index in [-0.39, 0.29) is 24.2 Å². The molecule has 2 aliphatic heterocycles. The lowest BCUT2D eigenvalue weighted by Gasteiger charge is -2.38. The van der Waals surface area contributed by atoms with Gasteiger partial charge in [0, 0.05) is 37.8 Å². The van der Waals surface area contributed by atoms with Gasteiger partial charge in [-0.05, 0) is 54.8 Å². The molecule has 0 bridgehead atoms. The summed E-state index contributed by atoms with van der Waals surface area (Å²) in [7, 11) is 3.18. The van der Waals surface area contributed by atoms with Crippen molar-refractivity contribution in [1.29, 1.82) is 0 Å². The fourth-order valence-electron chi connectivity index (χ4n) is 4.18. The Morgan fingerprint density at radius 3 is 2.33 bits per heavy atom. The maximum atomic E-state index is 13.2. The lowest BCUT2D eigenvalue weighted by atomic mass is 10.1. The quantitative estimate of drug-likeness (QED) is 0.703. The number of carbonyl (C=O) groups excluding carboxylic acids is 1. The summed E-state index contributed by atoms with van der Waals surface area (Å²) < 4.78 is 17.3. The number of rotatable bonds is 5. The van der Waals surface area contributed by atoms with E-state index in [2.05, 4.69) is 34.7 Å². The van der Waals surface area contributed by atoms with Crippen LogP contribution in [0.3, 0.4) is 0 Å². The lowest BCUT2D eigenvalue weighted by Crippen LogP contribution is -2.50. The second kappa shape index (κ2) is 8.80. The van der Waals surface area contributed by atoms with Crippen LogP contribution in [0.5, 0.6) is 11.5 Å². The SMILES string of the molecule is COc1cc(C(=O)N2CCCC2CN2CC(C)OC(C)C2)cc(OC)c1Br. The van der Waals surface area contributed by atoms with Crippen molar-refractivity contribution in [3.63, 3.8) is 0 Å². The van der Waals surface area contributed by atoms with E-state index in [9.17, 15) is 4.79 Å². The van der Waals surface area contributed by atoms with Crippen LogP contribution in [-0.4, -0.2) is 74.4 Å². The molecule has 0 aromatic heterocycles. The van der Waals surface area contributed by atoms with Gasteiger partial charge in [-0.3, -0.25) is 9.69 Å². The molecule has 1 aromatic carbocycles. The number of likely N-dealkylation sites (tertiary alicyclic amines) is 1. The van der Waals surface area contributed by atoms with Crippen LogP contribution in [0.25, 0.3) is 0 Å². The minimum atomic E-state index is 0.0379. The second-order valence-electron chi connectivity index (χ2n) is 7.47. The van der Waals surface area contributed by atoms with Gasteiger partial charge in [-0.2, -0.15) is 0 Å².